The highest BCUT2D eigenvalue weighted by atomic mass is 28.3. The monoisotopic (exact) mass is 601 g/mol. The minimum atomic E-state index is -1.31. The van der Waals surface area contributed by atoms with Crippen LogP contribution in [0.3, 0.4) is 0 Å². The van der Waals surface area contributed by atoms with Crippen molar-refractivity contribution in [2.75, 3.05) is 18.5 Å². The first-order valence-electron chi connectivity index (χ1n) is 14.6. The summed E-state index contributed by atoms with van der Waals surface area (Å²) in [5.41, 5.74) is 4.15. The minimum Gasteiger partial charge on any atom is -0.465 e. The Kier molecular flexibility index (Phi) is 7.99. The minimum absolute atomic E-state index is 0.148. The van der Waals surface area contributed by atoms with Crippen molar-refractivity contribution in [1.82, 2.24) is 19.3 Å². The van der Waals surface area contributed by atoms with Gasteiger partial charge in [-0.15, -0.1) is 0 Å². The summed E-state index contributed by atoms with van der Waals surface area (Å²) in [5.74, 6) is 0.556. The van der Waals surface area contributed by atoms with Crippen LogP contribution in [0.25, 0.3) is 22.6 Å². The van der Waals surface area contributed by atoms with Crippen LogP contribution in [0.5, 0.6) is 0 Å². The summed E-state index contributed by atoms with van der Waals surface area (Å²) in [7, 11) is -2.53. The predicted octanol–water partition coefficient (Wildman–Crippen LogP) is 6.88. The Labute approximate surface area is 243 Å². The lowest BCUT2D eigenvalue weighted by Gasteiger charge is -2.20. The number of carboxylic acid groups (broad SMARTS) is 1. The summed E-state index contributed by atoms with van der Waals surface area (Å²) in [5, 5.41) is 16.6. The second-order valence-electron chi connectivity index (χ2n) is 14.5. The lowest BCUT2D eigenvalue weighted by Crippen LogP contribution is -2.23. The molecule has 5 rings (SSSR count). The molecule has 2 aliphatic carbocycles. The van der Waals surface area contributed by atoms with Crippen LogP contribution in [0.2, 0.25) is 51.4 Å². The third-order valence-corrected chi connectivity index (χ3v) is 11.8. The number of amides is 1. The molecule has 0 aliphatic heterocycles. The molecule has 1 saturated carbocycles. The van der Waals surface area contributed by atoms with Crippen molar-refractivity contribution in [3.8, 4) is 11.5 Å². The van der Waals surface area contributed by atoms with E-state index in [1.165, 1.54) is 18.2 Å². The number of benzene rings is 1. The van der Waals surface area contributed by atoms with Crippen molar-refractivity contribution < 1.29 is 23.8 Å². The maximum Gasteiger partial charge on any atom is 0.409 e. The lowest BCUT2D eigenvalue weighted by atomic mass is 9.87. The van der Waals surface area contributed by atoms with E-state index in [9.17, 15) is 9.90 Å². The number of carbonyl (C=O) groups is 1. The first-order chi connectivity index (χ1) is 19.1. The highest BCUT2D eigenvalue weighted by Crippen LogP contribution is 2.60. The molecule has 0 saturated heterocycles. The van der Waals surface area contributed by atoms with Gasteiger partial charge in [0, 0.05) is 46.3 Å². The molecule has 224 valence electrons. The lowest BCUT2D eigenvalue weighted by molar-refractivity contribution is 0.0756. The molecule has 41 heavy (non-hydrogen) atoms. The Morgan fingerprint density at radius 2 is 1.78 bits per heavy atom. The number of hydrogen-bond acceptors (Lipinski definition) is 5. The van der Waals surface area contributed by atoms with Gasteiger partial charge >= 0.3 is 6.09 Å². The molecule has 12 heteroatoms. The molecule has 2 atom stereocenters. The van der Waals surface area contributed by atoms with Crippen molar-refractivity contribution in [3.63, 3.8) is 0 Å². The molecule has 0 radical (unpaired) electrons. The molecule has 2 N–H and O–H groups in total. The molecule has 3 aromatic rings. The Morgan fingerprint density at radius 3 is 2.41 bits per heavy atom. The van der Waals surface area contributed by atoms with Gasteiger partial charge in [0.2, 0.25) is 0 Å². The van der Waals surface area contributed by atoms with Gasteiger partial charge in [0.1, 0.15) is 24.7 Å². The van der Waals surface area contributed by atoms with E-state index in [4.69, 9.17) is 19.6 Å². The van der Waals surface area contributed by atoms with E-state index < -0.39 is 28.1 Å². The Morgan fingerprint density at radius 1 is 1.12 bits per heavy atom. The topological polar surface area (TPSA) is 103 Å². The van der Waals surface area contributed by atoms with Crippen molar-refractivity contribution in [3.05, 3.63) is 29.2 Å². The van der Waals surface area contributed by atoms with Crippen molar-refractivity contribution in [2.45, 2.75) is 91.0 Å². The fourth-order valence-corrected chi connectivity index (χ4v) is 7.17. The van der Waals surface area contributed by atoms with Crippen LogP contribution in [0.1, 0.15) is 24.6 Å². The van der Waals surface area contributed by atoms with Crippen molar-refractivity contribution in [1.29, 1.82) is 0 Å². The van der Waals surface area contributed by atoms with E-state index in [2.05, 4.69) is 51.5 Å². The second kappa shape index (κ2) is 10.9. The van der Waals surface area contributed by atoms with E-state index in [0.717, 1.165) is 36.2 Å². The van der Waals surface area contributed by atoms with Gasteiger partial charge in [-0.05, 0) is 54.8 Å². The molecule has 2 aliphatic rings. The van der Waals surface area contributed by atoms with E-state index in [0.29, 0.717) is 42.6 Å². The average molecular weight is 602 g/mol. The van der Waals surface area contributed by atoms with Gasteiger partial charge in [-0.3, -0.25) is 9.88 Å². The van der Waals surface area contributed by atoms with Gasteiger partial charge < -0.3 is 14.6 Å². The SMILES string of the molecule is C[C@@]12Cc3c(c(-c4nc5c(F)cc(NC(=O)O)cc5n4COCC[Si](C)(C)C)nn3COCC[Si](C)(C)C)C[C@@H]1C2. The zero-order chi connectivity index (χ0) is 29.7. The molecule has 0 unspecified atom stereocenters. The summed E-state index contributed by atoms with van der Waals surface area (Å²) in [4.78, 5) is 16.1. The summed E-state index contributed by atoms with van der Waals surface area (Å²) in [6.07, 6.45) is 1.78. The largest absolute Gasteiger partial charge is 0.465 e. The maximum absolute atomic E-state index is 15.3. The fourth-order valence-electron chi connectivity index (χ4n) is 5.65. The number of imidazole rings is 1. The number of rotatable bonds is 12. The highest BCUT2D eigenvalue weighted by Gasteiger charge is 2.54. The molecule has 2 heterocycles. The number of halogens is 1. The first-order valence-corrected chi connectivity index (χ1v) is 22.0. The number of ether oxygens (including phenoxy) is 2. The van der Waals surface area contributed by atoms with Gasteiger partial charge in [-0.2, -0.15) is 5.10 Å². The fraction of sp³-hybridized carbons (Fsp3) is 0.621. The van der Waals surface area contributed by atoms with Gasteiger partial charge in [-0.1, -0.05) is 46.2 Å². The summed E-state index contributed by atoms with van der Waals surface area (Å²) < 4.78 is 31.4. The molecule has 0 spiro atoms. The van der Waals surface area contributed by atoms with Crippen LogP contribution >= 0.6 is 0 Å². The molecule has 2 aromatic heterocycles. The third-order valence-electron chi connectivity index (χ3n) is 8.42. The summed E-state index contributed by atoms with van der Waals surface area (Å²) in [6.45, 7) is 18.1. The summed E-state index contributed by atoms with van der Waals surface area (Å²) >= 11 is 0. The Balaban J connectivity index is 1.55. The molecule has 0 bridgehead atoms. The quantitative estimate of drug-likeness (QED) is 0.173. The molecular weight excluding hydrogens is 558 g/mol. The molecular formula is C29H44FN5O4Si2. The van der Waals surface area contributed by atoms with Crippen LogP contribution in [0.15, 0.2) is 12.1 Å². The first kappa shape index (κ1) is 29.9. The van der Waals surface area contributed by atoms with Gasteiger partial charge in [0.05, 0.1) is 5.52 Å². The number of aromatic nitrogens is 4. The molecule has 1 aromatic carbocycles. The molecule has 1 fully saturated rings. The predicted molar refractivity (Wildman–Crippen MR) is 164 cm³/mol. The summed E-state index contributed by atoms with van der Waals surface area (Å²) in [6, 6.07) is 4.86. The van der Waals surface area contributed by atoms with Crippen LogP contribution in [-0.4, -0.2) is 59.9 Å². The van der Waals surface area contributed by atoms with Crippen LogP contribution in [-0.2, 0) is 35.8 Å². The van der Waals surface area contributed by atoms with Crippen LogP contribution in [0.4, 0.5) is 14.9 Å². The zero-order valence-electron chi connectivity index (χ0n) is 25.4. The van der Waals surface area contributed by atoms with Crippen LogP contribution in [0, 0.1) is 17.2 Å². The second-order valence-corrected chi connectivity index (χ2v) is 25.8. The number of nitrogens with one attached hydrogen (secondary N) is 1. The van der Waals surface area contributed by atoms with E-state index in [-0.39, 0.29) is 17.9 Å². The van der Waals surface area contributed by atoms with Gasteiger partial charge in [0.15, 0.2) is 11.6 Å². The number of hydrogen-bond donors (Lipinski definition) is 2. The van der Waals surface area contributed by atoms with Gasteiger partial charge in [-0.25, -0.2) is 18.9 Å². The average Bonchev–Trinajstić information content (AvgIpc) is 3.19. The number of fused-ring (bicyclic) bond motifs is 3. The third kappa shape index (κ3) is 6.76. The van der Waals surface area contributed by atoms with Gasteiger partial charge in [0.25, 0.3) is 0 Å². The van der Waals surface area contributed by atoms with E-state index in [1.54, 1.807) is 6.07 Å². The Bertz CT molecular complexity index is 1460. The normalized spacial score (nSPS) is 20.2. The zero-order valence-corrected chi connectivity index (χ0v) is 27.4. The number of nitrogens with zero attached hydrogens (tertiary/aromatic N) is 4. The smallest absolute Gasteiger partial charge is 0.409 e. The highest BCUT2D eigenvalue weighted by molar-refractivity contribution is 6.76. The standard InChI is InChI=1S/C29H44FN5O4Si2/c1-29-15-19(29)12-21-24(16-29)35(18-39-9-11-41(5,6)7)33-25(21)27-32-26-22(30)13-20(31-28(36)37)14-23(26)34(27)17-38-8-10-40(2,3)4/h13-14,19,31H,8-12,15-18H2,1-7H3,(H,36,37)/t19-,29-/m1/s1. The van der Waals surface area contributed by atoms with Crippen LogP contribution < -0.4 is 5.32 Å². The van der Waals surface area contributed by atoms with E-state index in [1.807, 2.05) is 9.25 Å². The van der Waals surface area contributed by atoms with Crippen molar-refractivity contribution in [2.24, 2.45) is 11.3 Å². The maximum atomic E-state index is 15.3. The molecule has 1 amide bonds. The van der Waals surface area contributed by atoms with Crippen molar-refractivity contribution >= 4 is 39.0 Å². The Hall–Kier alpha value is -2.55. The van der Waals surface area contributed by atoms with E-state index >= 15 is 4.39 Å². The molecule has 9 nitrogen and oxygen atoms in total. The number of anilines is 1.